The lowest BCUT2D eigenvalue weighted by atomic mass is 10.2. The van der Waals surface area contributed by atoms with Crippen LogP contribution in [-0.2, 0) is 4.79 Å². The zero-order valence-electron chi connectivity index (χ0n) is 9.20. The SMILES string of the molecule is O=Cc1cnn(-c2ccc(C#CC(=O)O)cc2)c1. The Balaban J connectivity index is 2.25. The molecule has 0 bridgehead atoms. The molecule has 5 nitrogen and oxygen atoms in total. The highest BCUT2D eigenvalue weighted by molar-refractivity contribution is 5.87. The van der Waals surface area contributed by atoms with Crippen molar-refractivity contribution in [3.8, 4) is 17.5 Å². The van der Waals surface area contributed by atoms with E-state index in [0.29, 0.717) is 11.1 Å². The van der Waals surface area contributed by atoms with Gasteiger partial charge in [0.05, 0.1) is 17.4 Å². The molecule has 0 atom stereocenters. The van der Waals surface area contributed by atoms with Gasteiger partial charge in [-0.25, -0.2) is 9.48 Å². The predicted molar refractivity (Wildman–Crippen MR) is 63.5 cm³/mol. The van der Waals surface area contributed by atoms with Gasteiger partial charge < -0.3 is 5.11 Å². The molecule has 88 valence electrons. The minimum atomic E-state index is -1.17. The van der Waals surface area contributed by atoms with Gasteiger partial charge in [0.1, 0.15) is 0 Å². The number of hydrogen-bond donors (Lipinski definition) is 1. The van der Waals surface area contributed by atoms with Crippen molar-refractivity contribution < 1.29 is 14.7 Å². The molecule has 0 aliphatic heterocycles. The molecule has 0 radical (unpaired) electrons. The van der Waals surface area contributed by atoms with Crippen LogP contribution in [0.3, 0.4) is 0 Å². The Morgan fingerprint density at radius 2 is 2.06 bits per heavy atom. The van der Waals surface area contributed by atoms with Crippen molar-refractivity contribution in [2.75, 3.05) is 0 Å². The van der Waals surface area contributed by atoms with Crippen LogP contribution >= 0.6 is 0 Å². The largest absolute Gasteiger partial charge is 0.472 e. The maximum absolute atomic E-state index is 10.5. The lowest BCUT2D eigenvalue weighted by molar-refractivity contribution is -0.130. The molecular formula is C13H8N2O3. The van der Waals surface area contributed by atoms with Crippen molar-refractivity contribution in [1.82, 2.24) is 9.78 Å². The quantitative estimate of drug-likeness (QED) is 0.630. The summed E-state index contributed by atoms with van der Waals surface area (Å²) in [5.74, 6) is 3.37. The molecule has 0 saturated heterocycles. The number of aldehydes is 1. The second kappa shape index (κ2) is 4.97. The van der Waals surface area contributed by atoms with Gasteiger partial charge in [-0.3, -0.25) is 4.79 Å². The van der Waals surface area contributed by atoms with Gasteiger partial charge in [-0.15, -0.1) is 0 Å². The third kappa shape index (κ3) is 2.62. The van der Waals surface area contributed by atoms with E-state index in [1.54, 1.807) is 35.1 Å². The van der Waals surface area contributed by atoms with Gasteiger partial charge in [-0.05, 0) is 24.3 Å². The Bertz CT molecular complexity index is 645. The molecular weight excluding hydrogens is 232 g/mol. The molecule has 0 unspecified atom stereocenters. The fourth-order valence-corrected chi connectivity index (χ4v) is 1.36. The van der Waals surface area contributed by atoms with Gasteiger partial charge in [-0.2, -0.15) is 5.10 Å². The summed E-state index contributed by atoms with van der Waals surface area (Å²) in [5.41, 5.74) is 1.86. The molecule has 1 heterocycles. The first kappa shape index (κ1) is 11.6. The predicted octanol–water partition coefficient (Wildman–Crippen LogP) is 1.12. The average molecular weight is 240 g/mol. The van der Waals surface area contributed by atoms with Gasteiger partial charge in [0.25, 0.3) is 0 Å². The minimum absolute atomic E-state index is 0.491. The number of carboxylic acid groups (broad SMARTS) is 1. The van der Waals surface area contributed by atoms with Crippen LogP contribution in [0.2, 0.25) is 0 Å². The highest BCUT2D eigenvalue weighted by Gasteiger charge is 1.99. The highest BCUT2D eigenvalue weighted by Crippen LogP contribution is 2.09. The van der Waals surface area contributed by atoms with E-state index in [1.165, 1.54) is 6.20 Å². The Labute approximate surface area is 103 Å². The summed E-state index contributed by atoms with van der Waals surface area (Å²) in [7, 11) is 0. The van der Waals surface area contributed by atoms with Crippen LogP contribution in [0.15, 0.2) is 36.7 Å². The zero-order valence-corrected chi connectivity index (χ0v) is 9.20. The van der Waals surface area contributed by atoms with Crippen LogP contribution < -0.4 is 0 Å². The van der Waals surface area contributed by atoms with Crippen LogP contribution in [-0.4, -0.2) is 27.1 Å². The number of hydrogen-bond acceptors (Lipinski definition) is 3. The molecule has 0 aliphatic rings. The van der Waals surface area contributed by atoms with Gasteiger partial charge in [0.15, 0.2) is 6.29 Å². The van der Waals surface area contributed by atoms with Crippen LogP contribution in [0.1, 0.15) is 15.9 Å². The summed E-state index contributed by atoms with van der Waals surface area (Å²) in [6, 6.07) is 6.86. The summed E-state index contributed by atoms with van der Waals surface area (Å²) in [4.78, 5) is 20.8. The summed E-state index contributed by atoms with van der Waals surface area (Å²) < 4.78 is 1.55. The van der Waals surface area contributed by atoms with E-state index < -0.39 is 5.97 Å². The molecule has 0 spiro atoms. The van der Waals surface area contributed by atoms with Crippen LogP contribution in [0.4, 0.5) is 0 Å². The van der Waals surface area contributed by atoms with Crippen LogP contribution in [0.25, 0.3) is 5.69 Å². The Morgan fingerprint density at radius 3 is 2.61 bits per heavy atom. The standard InChI is InChI=1S/C13H8N2O3/c16-9-11-7-14-15(8-11)12-4-1-10(2-5-12)3-6-13(17)18/h1-2,4-5,7-9H,(H,17,18). The minimum Gasteiger partial charge on any atom is -0.472 e. The van der Waals surface area contributed by atoms with Crippen molar-refractivity contribution in [2.45, 2.75) is 0 Å². The summed E-state index contributed by atoms with van der Waals surface area (Å²) in [6.07, 6.45) is 3.78. The molecule has 1 aromatic heterocycles. The number of aliphatic carboxylic acids is 1. The van der Waals surface area contributed by atoms with E-state index in [4.69, 9.17) is 5.11 Å². The Kier molecular flexibility index (Phi) is 3.21. The zero-order chi connectivity index (χ0) is 13.0. The van der Waals surface area contributed by atoms with Crippen molar-refractivity contribution in [1.29, 1.82) is 0 Å². The molecule has 2 aromatic rings. The van der Waals surface area contributed by atoms with Gasteiger partial charge in [0, 0.05) is 17.7 Å². The second-order valence-corrected chi connectivity index (χ2v) is 3.44. The van der Waals surface area contributed by atoms with Crippen LogP contribution in [0.5, 0.6) is 0 Å². The molecule has 5 heteroatoms. The number of rotatable bonds is 2. The van der Waals surface area contributed by atoms with E-state index >= 15 is 0 Å². The van der Waals surface area contributed by atoms with Crippen molar-refractivity contribution in [2.24, 2.45) is 0 Å². The maximum Gasteiger partial charge on any atom is 0.382 e. The lowest BCUT2D eigenvalue weighted by Crippen LogP contribution is -1.94. The summed E-state index contributed by atoms with van der Waals surface area (Å²) >= 11 is 0. The molecule has 2 rings (SSSR count). The number of carbonyl (C=O) groups is 2. The molecule has 0 aliphatic carbocycles. The van der Waals surface area contributed by atoms with E-state index in [1.807, 2.05) is 5.92 Å². The maximum atomic E-state index is 10.5. The summed E-state index contributed by atoms with van der Waals surface area (Å²) in [5, 5.41) is 12.4. The van der Waals surface area contributed by atoms with Gasteiger partial charge in [-0.1, -0.05) is 5.92 Å². The Hall–Kier alpha value is -2.87. The fourth-order valence-electron chi connectivity index (χ4n) is 1.36. The summed E-state index contributed by atoms with van der Waals surface area (Å²) in [6.45, 7) is 0. The molecule has 1 N–H and O–H groups in total. The first-order valence-electron chi connectivity index (χ1n) is 5.04. The van der Waals surface area contributed by atoms with E-state index in [0.717, 1.165) is 12.0 Å². The first-order valence-corrected chi connectivity index (χ1v) is 5.04. The smallest absolute Gasteiger partial charge is 0.382 e. The number of carboxylic acids is 1. The van der Waals surface area contributed by atoms with Crippen molar-refractivity contribution in [3.05, 3.63) is 47.8 Å². The number of carbonyl (C=O) groups excluding carboxylic acids is 1. The number of aromatic nitrogens is 2. The van der Waals surface area contributed by atoms with E-state index in [2.05, 4.69) is 11.0 Å². The first-order chi connectivity index (χ1) is 8.69. The molecule has 1 aromatic carbocycles. The molecule has 0 saturated carbocycles. The Morgan fingerprint density at radius 1 is 1.33 bits per heavy atom. The second-order valence-electron chi connectivity index (χ2n) is 3.44. The van der Waals surface area contributed by atoms with Gasteiger partial charge >= 0.3 is 5.97 Å². The van der Waals surface area contributed by atoms with Crippen LogP contribution in [0, 0.1) is 11.8 Å². The highest BCUT2D eigenvalue weighted by atomic mass is 16.4. The third-order valence-corrected chi connectivity index (χ3v) is 2.18. The lowest BCUT2D eigenvalue weighted by Gasteiger charge is -2.00. The normalized spacial score (nSPS) is 9.33. The number of nitrogens with zero attached hydrogens (tertiary/aromatic N) is 2. The molecule has 18 heavy (non-hydrogen) atoms. The van der Waals surface area contributed by atoms with E-state index in [9.17, 15) is 9.59 Å². The molecule has 0 fully saturated rings. The van der Waals surface area contributed by atoms with E-state index in [-0.39, 0.29) is 0 Å². The number of benzene rings is 1. The topological polar surface area (TPSA) is 72.2 Å². The van der Waals surface area contributed by atoms with Gasteiger partial charge in [0.2, 0.25) is 0 Å². The van der Waals surface area contributed by atoms with Crippen molar-refractivity contribution in [3.63, 3.8) is 0 Å². The average Bonchev–Trinajstić information content (AvgIpc) is 2.85. The molecule has 0 amide bonds. The third-order valence-electron chi connectivity index (χ3n) is 2.18. The monoisotopic (exact) mass is 240 g/mol. The fraction of sp³-hybridized carbons (Fsp3) is 0. The van der Waals surface area contributed by atoms with Crippen molar-refractivity contribution >= 4 is 12.3 Å².